The molecule has 1 aliphatic carbocycles. The Morgan fingerprint density at radius 3 is 2.50 bits per heavy atom. The zero-order chi connectivity index (χ0) is 12.1. The van der Waals surface area contributed by atoms with Crippen LogP contribution in [-0.4, -0.2) is 42.5 Å². The van der Waals surface area contributed by atoms with Crippen LogP contribution in [0.3, 0.4) is 0 Å². The highest BCUT2D eigenvalue weighted by atomic mass is 16.1. The van der Waals surface area contributed by atoms with Gasteiger partial charge in [-0.1, -0.05) is 6.42 Å². The van der Waals surface area contributed by atoms with Crippen LogP contribution in [0.25, 0.3) is 0 Å². The van der Waals surface area contributed by atoms with Gasteiger partial charge in [0, 0.05) is 31.1 Å². The minimum absolute atomic E-state index is 0.108. The van der Waals surface area contributed by atoms with E-state index in [1.54, 1.807) is 0 Å². The third-order valence-electron chi connectivity index (χ3n) is 3.37. The van der Waals surface area contributed by atoms with E-state index >= 15 is 0 Å². The second-order valence-corrected chi connectivity index (χ2v) is 5.07. The number of amides is 1. The minimum atomic E-state index is 0.108. The molecule has 1 rings (SSSR count). The van der Waals surface area contributed by atoms with Gasteiger partial charge in [0.05, 0.1) is 0 Å². The van der Waals surface area contributed by atoms with Gasteiger partial charge in [0.1, 0.15) is 0 Å². The zero-order valence-electron chi connectivity index (χ0n) is 10.7. The summed E-state index contributed by atoms with van der Waals surface area (Å²) in [5.41, 5.74) is 5.75. The molecule has 1 aliphatic rings. The Bertz CT molecular complexity index is 226. The van der Waals surface area contributed by atoms with Crippen molar-refractivity contribution >= 4 is 5.91 Å². The van der Waals surface area contributed by atoms with Crippen molar-refractivity contribution in [2.24, 2.45) is 5.73 Å². The number of carbonyl (C=O) groups is 1. The summed E-state index contributed by atoms with van der Waals surface area (Å²) in [4.78, 5) is 13.9. The lowest BCUT2D eigenvalue weighted by Gasteiger charge is -2.39. The molecule has 0 radical (unpaired) electrons. The van der Waals surface area contributed by atoms with Gasteiger partial charge >= 0.3 is 0 Å². The number of likely N-dealkylation sites (N-methyl/N-ethyl adjacent to an activating group) is 1. The van der Waals surface area contributed by atoms with Crippen LogP contribution in [0.4, 0.5) is 0 Å². The van der Waals surface area contributed by atoms with E-state index in [-0.39, 0.29) is 18.0 Å². The fourth-order valence-corrected chi connectivity index (χ4v) is 2.08. The van der Waals surface area contributed by atoms with Gasteiger partial charge in [-0.2, -0.15) is 0 Å². The highest BCUT2D eigenvalue weighted by Gasteiger charge is 2.28. The van der Waals surface area contributed by atoms with Crippen molar-refractivity contribution in [1.29, 1.82) is 0 Å². The van der Waals surface area contributed by atoms with E-state index in [0.29, 0.717) is 19.0 Å². The first-order chi connectivity index (χ1) is 7.54. The molecule has 16 heavy (non-hydrogen) atoms. The third kappa shape index (κ3) is 3.76. The lowest BCUT2D eigenvalue weighted by atomic mass is 9.90. The van der Waals surface area contributed by atoms with E-state index < -0.39 is 0 Å². The fourth-order valence-electron chi connectivity index (χ4n) is 2.08. The first-order valence-corrected chi connectivity index (χ1v) is 6.26. The predicted octanol–water partition coefficient (Wildman–Crippen LogP) is 0.713. The summed E-state index contributed by atoms with van der Waals surface area (Å²) in [5.74, 6) is 0.108. The number of carbonyl (C=O) groups excluding carboxylic acids is 1. The standard InChI is InChI=1S/C12H25N3O/c1-9(2)14-12(16)7-11(8-13)15(3)10-5-4-6-10/h9-11H,4-8,13H2,1-3H3,(H,14,16). The first kappa shape index (κ1) is 13.5. The van der Waals surface area contributed by atoms with Gasteiger partial charge in [-0.25, -0.2) is 0 Å². The smallest absolute Gasteiger partial charge is 0.221 e. The highest BCUT2D eigenvalue weighted by molar-refractivity contribution is 5.76. The molecule has 0 aromatic rings. The summed E-state index contributed by atoms with van der Waals surface area (Å²) in [6.07, 6.45) is 4.32. The summed E-state index contributed by atoms with van der Waals surface area (Å²) < 4.78 is 0. The van der Waals surface area contributed by atoms with Crippen molar-refractivity contribution < 1.29 is 4.79 Å². The third-order valence-corrected chi connectivity index (χ3v) is 3.37. The number of hydrogen-bond donors (Lipinski definition) is 2. The topological polar surface area (TPSA) is 58.4 Å². The summed E-state index contributed by atoms with van der Waals surface area (Å²) in [7, 11) is 2.09. The van der Waals surface area contributed by atoms with E-state index in [1.165, 1.54) is 19.3 Å². The van der Waals surface area contributed by atoms with Crippen molar-refractivity contribution in [3.63, 3.8) is 0 Å². The van der Waals surface area contributed by atoms with Gasteiger partial charge in [0.2, 0.25) is 5.91 Å². The molecule has 4 heteroatoms. The maximum Gasteiger partial charge on any atom is 0.221 e. The van der Waals surface area contributed by atoms with Crippen LogP contribution < -0.4 is 11.1 Å². The lowest BCUT2D eigenvalue weighted by molar-refractivity contribution is -0.123. The Hall–Kier alpha value is -0.610. The molecule has 1 fully saturated rings. The van der Waals surface area contributed by atoms with E-state index in [0.717, 1.165) is 0 Å². The molecule has 0 saturated heterocycles. The largest absolute Gasteiger partial charge is 0.354 e. The fraction of sp³-hybridized carbons (Fsp3) is 0.917. The summed E-state index contributed by atoms with van der Waals surface area (Å²) in [6, 6.07) is 1.03. The molecule has 0 aromatic carbocycles. The molecule has 1 saturated carbocycles. The number of hydrogen-bond acceptors (Lipinski definition) is 3. The molecule has 4 nitrogen and oxygen atoms in total. The average molecular weight is 227 g/mol. The molecule has 0 heterocycles. The molecule has 1 atom stereocenters. The van der Waals surface area contributed by atoms with E-state index in [1.807, 2.05) is 13.8 Å². The van der Waals surface area contributed by atoms with Gasteiger partial charge < -0.3 is 11.1 Å². The van der Waals surface area contributed by atoms with Gasteiger partial charge in [-0.05, 0) is 33.7 Å². The van der Waals surface area contributed by atoms with Crippen LogP contribution in [0.5, 0.6) is 0 Å². The number of nitrogens with two attached hydrogens (primary N) is 1. The van der Waals surface area contributed by atoms with Gasteiger partial charge in [-0.15, -0.1) is 0 Å². The minimum Gasteiger partial charge on any atom is -0.354 e. The average Bonchev–Trinajstić information content (AvgIpc) is 2.09. The second-order valence-electron chi connectivity index (χ2n) is 5.07. The van der Waals surface area contributed by atoms with Crippen LogP contribution >= 0.6 is 0 Å². The molecular weight excluding hydrogens is 202 g/mol. The molecule has 1 amide bonds. The number of nitrogens with one attached hydrogen (secondary N) is 1. The quantitative estimate of drug-likeness (QED) is 0.703. The van der Waals surface area contributed by atoms with Crippen molar-refractivity contribution in [3.05, 3.63) is 0 Å². The molecule has 0 aliphatic heterocycles. The Morgan fingerprint density at radius 1 is 1.50 bits per heavy atom. The Morgan fingerprint density at radius 2 is 2.12 bits per heavy atom. The summed E-state index contributed by atoms with van der Waals surface area (Å²) in [6.45, 7) is 4.51. The molecule has 3 N–H and O–H groups in total. The van der Waals surface area contributed by atoms with Crippen LogP contribution in [0, 0.1) is 0 Å². The monoisotopic (exact) mass is 227 g/mol. The van der Waals surface area contributed by atoms with E-state index in [9.17, 15) is 4.79 Å². The highest BCUT2D eigenvalue weighted by Crippen LogP contribution is 2.25. The van der Waals surface area contributed by atoms with E-state index in [4.69, 9.17) is 5.73 Å². The molecule has 0 bridgehead atoms. The molecule has 0 aromatic heterocycles. The molecule has 1 unspecified atom stereocenters. The molecule has 0 spiro atoms. The van der Waals surface area contributed by atoms with Crippen molar-refractivity contribution in [3.8, 4) is 0 Å². The number of nitrogens with zero attached hydrogens (tertiary/aromatic N) is 1. The molecule has 94 valence electrons. The van der Waals surface area contributed by atoms with Crippen molar-refractivity contribution in [1.82, 2.24) is 10.2 Å². The Balaban J connectivity index is 2.37. The number of rotatable bonds is 6. The predicted molar refractivity (Wildman–Crippen MR) is 66.1 cm³/mol. The summed E-state index contributed by atoms with van der Waals surface area (Å²) >= 11 is 0. The van der Waals surface area contributed by atoms with Crippen LogP contribution in [0.2, 0.25) is 0 Å². The van der Waals surface area contributed by atoms with Crippen molar-refractivity contribution in [2.75, 3.05) is 13.6 Å². The normalized spacial score (nSPS) is 18.6. The second kappa shape index (κ2) is 6.21. The lowest BCUT2D eigenvalue weighted by Crippen LogP contribution is -2.49. The molecular formula is C12H25N3O. The van der Waals surface area contributed by atoms with Gasteiger partial charge in [0.25, 0.3) is 0 Å². The van der Waals surface area contributed by atoms with E-state index in [2.05, 4.69) is 17.3 Å². The maximum atomic E-state index is 11.7. The van der Waals surface area contributed by atoms with Gasteiger partial charge in [-0.3, -0.25) is 9.69 Å². The van der Waals surface area contributed by atoms with Crippen molar-refractivity contribution in [2.45, 2.75) is 57.7 Å². The van der Waals surface area contributed by atoms with Gasteiger partial charge in [0.15, 0.2) is 0 Å². The first-order valence-electron chi connectivity index (χ1n) is 6.26. The van der Waals surface area contributed by atoms with Crippen LogP contribution in [0.1, 0.15) is 39.5 Å². The van der Waals surface area contributed by atoms with Crippen LogP contribution in [0.15, 0.2) is 0 Å². The SMILES string of the molecule is CC(C)NC(=O)CC(CN)N(C)C1CCC1. The Kier molecular flexibility index (Phi) is 5.22. The summed E-state index contributed by atoms with van der Waals surface area (Å²) in [5, 5.41) is 2.92. The Labute approximate surface area is 98.6 Å². The maximum absolute atomic E-state index is 11.7. The van der Waals surface area contributed by atoms with Crippen LogP contribution in [-0.2, 0) is 4.79 Å². The zero-order valence-corrected chi connectivity index (χ0v) is 10.7.